The number of carbonyl (C=O) groups excluding carboxylic acids is 2. The van der Waals surface area contributed by atoms with Gasteiger partial charge in [0.1, 0.15) is 6.42 Å². The summed E-state index contributed by atoms with van der Waals surface area (Å²) < 4.78 is 4.11. The van der Waals surface area contributed by atoms with Crippen molar-refractivity contribution in [1.82, 2.24) is 0 Å². The topological polar surface area (TPSA) is 80.7 Å². The van der Waals surface area contributed by atoms with Crippen LogP contribution in [0.4, 0.5) is 0 Å². The molecule has 0 atom stereocenters. The zero-order valence-electron chi connectivity index (χ0n) is 9.36. The first-order chi connectivity index (χ1) is 7.97. The van der Waals surface area contributed by atoms with Crippen molar-refractivity contribution in [2.24, 2.45) is 0 Å². The smallest absolute Gasteiger partial charge is 0.392 e. The van der Waals surface area contributed by atoms with Gasteiger partial charge in [-0.05, 0) is 13.8 Å². The summed E-state index contributed by atoms with van der Waals surface area (Å²) in [5.41, 5.74) is 0. The van der Waals surface area contributed by atoms with Gasteiger partial charge < -0.3 is 9.84 Å². The highest BCUT2D eigenvalue weighted by molar-refractivity contribution is 6.01. The number of carbonyl (C=O) groups is 3. The highest BCUT2D eigenvalue weighted by Crippen LogP contribution is 1.77. The molecule has 17 heavy (non-hydrogen) atoms. The quantitative estimate of drug-likeness (QED) is 0.303. The second kappa shape index (κ2) is 11.4. The fourth-order valence-corrected chi connectivity index (χ4v) is 0.427. The van der Waals surface area contributed by atoms with E-state index in [1.807, 2.05) is 17.8 Å². The lowest BCUT2D eigenvalue weighted by Crippen LogP contribution is -2.07. The Morgan fingerprint density at radius 1 is 1.12 bits per heavy atom. The summed E-state index contributed by atoms with van der Waals surface area (Å²) in [4.78, 5) is 30.3. The number of rotatable bonds is 1. The number of esters is 2. The minimum atomic E-state index is -0.947. The van der Waals surface area contributed by atoms with Gasteiger partial charge in [-0.1, -0.05) is 17.8 Å². The summed E-state index contributed by atoms with van der Waals surface area (Å²) in [5.74, 6) is 7.92. The van der Waals surface area contributed by atoms with E-state index in [1.54, 1.807) is 0 Å². The van der Waals surface area contributed by atoms with Crippen LogP contribution in [-0.4, -0.2) is 23.0 Å². The van der Waals surface area contributed by atoms with E-state index in [-0.39, 0.29) is 6.42 Å². The van der Waals surface area contributed by atoms with Gasteiger partial charge in [-0.25, -0.2) is 9.59 Å². The minimum absolute atomic E-state index is 0.181. The van der Waals surface area contributed by atoms with Crippen molar-refractivity contribution in [2.75, 3.05) is 0 Å². The van der Waals surface area contributed by atoms with Crippen LogP contribution in [0.5, 0.6) is 0 Å². The molecule has 5 nitrogen and oxygen atoms in total. The summed E-state index contributed by atoms with van der Waals surface area (Å²) in [6.07, 6.45) is 4.42. The maximum atomic E-state index is 10.4. The minimum Gasteiger partial charge on any atom is -0.481 e. The first kappa shape index (κ1) is 16.7. The maximum absolute atomic E-state index is 10.4. The van der Waals surface area contributed by atoms with E-state index in [1.165, 1.54) is 13.8 Å². The molecular formula is C12H10O5. The van der Waals surface area contributed by atoms with Gasteiger partial charge in [0, 0.05) is 11.8 Å². The molecule has 0 aromatic carbocycles. The van der Waals surface area contributed by atoms with E-state index >= 15 is 0 Å². The average molecular weight is 234 g/mol. The van der Waals surface area contributed by atoms with Crippen LogP contribution < -0.4 is 0 Å². The van der Waals surface area contributed by atoms with Crippen LogP contribution in [0.3, 0.4) is 0 Å². The highest BCUT2D eigenvalue weighted by Gasteiger charge is 2.02. The highest BCUT2D eigenvalue weighted by atomic mass is 16.6. The Morgan fingerprint density at radius 2 is 1.53 bits per heavy atom. The number of hydrogen-bond acceptors (Lipinski definition) is 4. The van der Waals surface area contributed by atoms with E-state index in [2.05, 4.69) is 23.0 Å². The first-order valence-electron chi connectivity index (χ1n) is 4.24. The summed E-state index contributed by atoms with van der Waals surface area (Å²) in [5, 5.41) is 7.77. The SMILES string of the molecule is C#CCC(=O)O.CC#CC(=O)OC(=O)C#CC. The Labute approximate surface area is 99.1 Å². The molecule has 0 aromatic rings. The van der Waals surface area contributed by atoms with Crippen LogP contribution in [0, 0.1) is 36.0 Å². The zero-order valence-corrected chi connectivity index (χ0v) is 9.36. The lowest BCUT2D eigenvalue weighted by atomic mass is 10.5. The van der Waals surface area contributed by atoms with Crippen LogP contribution >= 0.6 is 0 Å². The molecule has 0 unspecified atom stereocenters. The molecule has 0 aliphatic heterocycles. The lowest BCUT2D eigenvalue weighted by molar-refractivity contribution is -0.151. The van der Waals surface area contributed by atoms with Crippen LogP contribution in [0.25, 0.3) is 0 Å². The second-order valence-corrected chi connectivity index (χ2v) is 2.20. The van der Waals surface area contributed by atoms with Gasteiger partial charge in [0.2, 0.25) is 0 Å². The van der Waals surface area contributed by atoms with Crippen molar-refractivity contribution in [1.29, 1.82) is 0 Å². The Balaban J connectivity index is 0. The Hall–Kier alpha value is -2.71. The molecule has 0 rings (SSSR count). The van der Waals surface area contributed by atoms with Gasteiger partial charge in [0.05, 0.1) is 0 Å². The van der Waals surface area contributed by atoms with Crippen LogP contribution in [0.2, 0.25) is 0 Å². The number of ether oxygens (including phenoxy) is 1. The van der Waals surface area contributed by atoms with Crippen LogP contribution in [-0.2, 0) is 19.1 Å². The number of carboxylic acid groups (broad SMARTS) is 1. The summed E-state index contributed by atoms with van der Waals surface area (Å²) >= 11 is 0. The van der Waals surface area contributed by atoms with Gasteiger partial charge in [-0.2, -0.15) is 0 Å². The van der Waals surface area contributed by atoms with Crippen LogP contribution in [0.1, 0.15) is 20.3 Å². The molecule has 0 amide bonds. The predicted octanol–water partition coefficient (Wildman–Crippen LogP) is 0.197. The van der Waals surface area contributed by atoms with Crippen molar-refractivity contribution in [2.45, 2.75) is 20.3 Å². The standard InChI is InChI=1S/C8H6O3.C4H4O2/c1-3-5-7(9)11-8(10)6-4-2;1-2-3-4(5)6/h1-2H3;1H,3H2,(H,5,6). The fraction of sp³-hybridized carbons (Fsp3) is 0.250. The summed E-state index contributed by atoms with van der Waals surface area (Å²) in [6, 6.07) is 0. The molecule has 0 aliphatic rings. The van der Waals surface area contributed by atoms with Crippen LogP contribution in [0.15, 0.2) is 0 Å². The molecule has 0 saturated carbocycles. The number of terminal acetylenes is 1. The van der Waals surface area contributed by atoms with Gasteiger partial charge in [-0.3, -0.25) is 4.79 Å². The molecule has 0 bridgehead atoms. The van der Waals surface area contributed by atoms with Crippen molar-refractivity contribution in [3.8, 4) is 36.0 Å². The van der Waals surface area contributed by atoms with E-state index in [0.29, 0.717) is 0 Å². The van der Waals surface area contributed by atoms with E-state index in [0.717, 1.165) is 0 Å². The van der Waals surface area contributed by atoms with Crippen molar-refractivity contribution >= 4 is 17.9 Å². The summed E-state index contributed by atoms with van der Waals surface area (Å²) in [7, 11) is 0. The van der Waals surface area contributed by atoms with Crippen molar-refractivity contribution in [3.63, 3.8) is 0 Å². The second-order valence-electron chi connectivity index (χ2n) is 2.20. The molecule has 0 saturated heterocycles. The molecule has 0 spiro atoms. The Kier molecular flexibility index (Phi) is 11.2. The molecular weight excluding hydrogens is 224 g/mol. The van der Waals surface area contributed by atoms with Gasteiger partial charge >= 0.3 is 17.9 Å². The van der Waals surface area contributed by atoms with E-state index in [4.69, 9.17) is 5.11 Å². The molecule has 5 heteroatoms. The molecule has 0 heterocycles. The maximum Gasteiger partial charge on any atom is 0.392 e. The normalized spacial score (nSPS) is 6.41. The first-order valence-corrected chi connectivity index (χ1v) is 4.24. The number of carboxylic acids is 1. The van der Waals surface area contributed by atoms with E-state index < -0.39 is 17.9 Å². The molecule has 0 fully saturated rings. The molecule has 0 aliphatic carbocycles. The largest absolute Gasteiger partial charge is 0.481 e. The van der Waals surface area contributed by atoms with Gasteiger partial charge in [0.15, 0.2) is 0 Å². The third-order valence-electron chi connectivity index (χ3n) is 0.893. The summed E-state index contributed by atoms with van der Waals surface area (Å²) in [6.45, 7) is 2.94. The zero-order chi connectivity index (χ0) is 13.7. The van der Waals surface area contributed by atoms with Crippen molar-refractivity contribution < 1.29 is 24.2 Å². The van der Waals surface area contributed by atoms with Gasteiger partial charge in [-0.15, -0.1) is 6.42 Å². The molecule has 1 N–H and O–H groups in total. The average Bonchev–Trinajstić information content (AvgIpc) is 2.18. The molecule has 88 valence electrons. The lowest BCUT2D eigenvalue weighted by Gasteiger charge is -1.87. The fourth-order valence-electron chi connectivity index (χ4n) is 0.427. The predicted molar refractivity (Wildman–Crippen MR) is 59.1 cm³/mol. The molecule has 0 radical (unpaired) electrons. The van der Waals surface area contributed by atoms with Gasteiger partial charge in [0.25, 0.3) is 0 Å². The van der Waals surface area contributed by atoms with Crippen molar-refractivity contribution in [3.05, 3.63) is 0 Å². The third-order valence-corrected chi connectivity index (χ3v) is 0.893. The monoisotopic (exact) mass is 234 g/mol. The molecule has 0 aromatic heterocycles. The Morgan fingerprint density at radius 3 is 1.71 bits per heavy atom. The number of aliphatic carboxylic acids is 1. The van der Waals surface area contributed by atoms with E-state index in [9.17, 15) is 14.4 Å². The third kappa shape index (κ3) is 16.0. The number of hydrogen-bond donors (Lipinski definition) is 1. The Bertz CT molecular complexity index is 415.